The van der Waals surface area contributed by atoms with Crippen LogP contribution in [0.1, 0.15) is 42.2 Å². The minimum Gasteiger partial charge on any atom is -0.486 e. The van der Waals surface area contributed by atoms with Crippen molar-refractivity contribution in [1.29, 1.82) is 0 Å². The van der Waals surface area contributed by atoms with Crippen LogP contribution in [0.25, 0.3) is 0 Å². The number of rotatable bonds is 4. The van der Waals surface area contributed by atoms with Gasteiger partial charge in [0.2, 0.25) is 5.91 Å². The predicted octanol–water partition coefficient (Wildman–Crippen LogP) is 3.50. The summed E-state index contributed by atoms with van der Waals surface area (Å²) >= 11 is 0. The number of piperidine rings is 1. The van der Waals surface area contributed by atoms with Gasteiger partial charge in [0, 0.05) is 63.4 Å². The Morgan fingerprint density at radius 2 is 2.03 bits per heavy atom. The molecule has 1 aromatic carbocycles. The maximum atomic E-state index is 12.8. The van der Waals surface area contributed by atoms with Crippen molar-refractivity contribution in [3.05, 3.63) is 53.9 Å². The van der Waals surface area contributed by atoms with Gasteiger partial charge >= 0.3 is 0 Å². The molecule has 1 aromatic heterocycles. The highest BCUT2D eigenvalue weighted by Gasteiger charge is 2.42. The van der Waals surface area contributed by atoms with Crippen molar-refractivity contribution < 1.29 is 14.3 Å². The molecule has 1 saturated heterocycles. The molecule has 0 aliphatic carbocycles. The van der Waals surface area contributed by atoms with E-state index in [2.05, 4.69) is 21.3 Å². The topological polar surface area (TPSA) is 71.5 Å². The van der Waals surface area contributed by atoms with E-state index in [0.717, 1.165) is 44.6 Å². The molecular weight excluding hydrogens is 390 g/mol. The molecule has 0 saturated carbocycles. The molecule has 0 unspecified atom stereocenters. The van der Waals surface area contributed by atoms with Gasteiger partial charge in [-0.1, -0.05) is 6.07 Å². The second kappa shape index (κ2) is 8.93. The van der Waals surface area contributed by atoms with Crippen LogP contribution in [-0.4, -0.2) is 46.8 Å². The largest absolute Gasteiger partial charge is 0.486 e. The smallest absolute Gasteiger partial charge is 0.221 e. The third-order valence-corrected chi connectivity index (χ3v) is 5.59. The number of pyridine rings is 1. The molecule has 6 nitrogen and oxygen atoms in total. The van der Waals surface area contributed by atoms with Gasteiger partial charge < -0.3 is 15.0 Å². The highest BCUT2D eigenvalue weighted by atomic mass is 35.5. The standard InChI is InChI=1S/C22H25N3O3.ClH/c1-16(26)24-18-5-6-21-19(14-18)20(27)15-22(28-21)8-12-25(13-9-22)11-7-17-4-2-3-10-23-17;/h2-6,10,14H,7-9,11-13,15H2,1H3,(H,24,26);1H. The van der Waals surface area contributed by atoms with Crippen LogP contribution < -0.4 is 10.1 Å². The Hall–Kier alpha value is -2.44. The normalized spacial score (nSPS) is 17.8. The van der Waals surface area contributed by atoms with Crippen LogP contribution in [0.15, 0.2) is 42.6 Å². The van der Waals surface area contributed by atoms with Gasteiger partial charge in [-0.3, -0.25) is 14.6 Å². The molecule has 0 atom stereocenters. The van der Waals surface area contributed by atoms with E-state index in [1.807, 2.05) is 18.3 Å². The monoisotopic (exact) mass is 415 g/mol. The number of halogens is 1. The summed E-state index contributed by atoms with van der Waals surface area (Å²) in [5.41, 5.74) is 1.90. The van der Waals surface area contributed by atoms with E-state index in [4.69, 9.17) is 4.74 Å². The summed E-state index contributed by atoms with van der Waals surface area (Å²) in [5, 5.41) is 2.72. The number of anilines is 1. The first-order chi connectivity index (χ1) is 13.5. The van der Waals surface area contributed by atoms with E-state index >= 15 is 0 Å². The number of nitrogens with one attached hydrogen (secondary N) is 1. The molecule has 154 valence electrons. The third-order valence-electron chi connectivity index (χ3n) is 5.59. The molecule has 1 N–H and O–H groups in total. The van der Waals surface area contributed by atoms with Crippen molar-refractivity contribution in [2.75, 3.05) is 25.0 Å². The van der Waals surface area contributed by atoms with Crippen LogP contribution in [0.4, 0.5) is 5.69 Å². The molecule has 0 bridgehead atoms. The van der Waals surface area contributed by atoms with Crippen LogP contribution in [0.3, 0.4) is 0 Å². The Morgan fingerprint density at radius 1 is 1.24 bits per heavy atom. The first-order valence-electron chi connectivity index (χ1n) is 9.79. The van der Waals surface area contributed by atoms with Crippen LogP contribution in [0.5, 0.6) is 5.75 Å². The second-order valence-corrected chi connectivity index (χ2v) is 7.69. The fraction of sp³-hybridized carbons (Fsp3) is 0.409. The number of carbonyl (C=O) groups is 2. The lowest BCUT2D eigenvalue weighted by molar-refractivity contribution is -0.114. The quantitative estimate of drug-likeness (QED) is 0.827. The van der Waals surface area contributed by atoms with E-state index < -0.39 is 5.60 Å². The van der Waals surface area contributed by atoms with E-state index in [1.165, 1.54) is 6.92 Å². The number of fused-ring (bicyclic) bond motifs is 1. The number of ether oxygens (including phenoxy) is 1. The lowest BCUT2D eigenvalue weighted by atomic mass is 9.82. The van der Waals surface area contributed by atoms with Crippen molar-refractivity contribution in [3.8, 4) is 5.75 Å². The van der Waals surface area contributed by atoms with Gasteiger partial charge in [0.1, 0.15) is 11.4 Å². The maximum Gasteiger partial charge on any atom is 0.221 e. The molecular formula is C22H26ClN3O3. The molecule has 3 heterocycles. The van der Waals surface area contributed by atoms with Crippen molar-refractivity contribution in [1.82, 2.24) is 9.88 Å². The van der Waals surface area contributed by atoms with Gasteiger partial charge in [-0.2, -0.15) is 0 Å². The van der Waals surface area contributed by atoms with E-state index in [1.54, 1.807) is 18.2 Å². The van der Waals surface area contributed by atoms with Gasteiger partial charge in [-0.15, -0.1) is 12.4 Å². The molecule has 1 amide bonds. The minimum atomic E-state index is -0.402. The summed E-state index contributed by atoms with van der Waals surface area (Å²) in [4.78, 5) is 30.8. The first-order valence-corrected chi connectivity index (χ1v) is 9.79. The van der Waals surface area contributed by atoms with Crippen molar-refractivity contribution in [3.63, 3.8) is 0 Å². The lowest BCUT2D eigenvalue weighted by Crippen LogP contribution is -2.51. The summed E-state index contributed by atoms with van der Waals surface area (Å²) in [6, 6.07) is 11.3. The van der Waals surface area contributed by atoms with E-state index in [9.17, 15) is 9.59 Å². The van der Waals surface area contributed by atoms with Gasteiger partial charge in [0.15, 0.2) is 5.78 Å². The number of ketones is 1. The number of likely N-dealkylation sites (tertiary alicyclic amines) is 1. The van der Waals surface area contributed by atoms with Gasteiger partial charge in [0.05, 0.1) is 12.0 Å². The third kappa shape index (κ3) is 4.95. The highest BCUT2D eigenvalue weighted by molar-refractivity contribution is 6.02. The van der Waals surface area contributed by atoms with Crippen LogP contribution in [0.2, 0.25) is 0 Å². The van der Waals surface area contributed by atoms with Crippen LogP contribution in [0, 0.1) is 0 Å². The number of benzene rings is 1. The summed E-state index contributed by atoms with van der Waals surface area (Å²) < 4.78 is 6.33. The molecule has 1 spiro atoms. The average Bonchev–Trinajstić information content (AvgIpc) is 2.69. The molecule has 1 fully saturated rings. The number of carbonyl (C=O) groups excluding carboxylic acids is 2. The van der Waals surface area contributed by atoms with Crippen LogP contribution >= 0.6 is 12.4 Å². The predicted molar refractivity (Wildman–Crippen MR) is 114 cm³/mol. The fourth-order valence-corrected chi connectivity index (χ4v) is 4.06. The molecule has 2 aromatic rings. The Kier molecular flexibility index (Phi) is 6.55. The van der Waals surface area contributed by atoms with Crippen molar-refractivity contribution in [2.24, 2.45) is 0 Å². The van der Waals surface area contributed by atoms with Crippen molar-refractivity contribution >= 4 is 29.8 Å². The van der Waals surface area contributed by atoms with Gasteiger partial charge in [0.25, 0.3) is 0 Å². The zero-order valence-electron chi connectivity index (χ0n) is 16.5. The van der Waals surface area contributed by atoms with Gasteiger partial charge in [-0.25, -0.2) is 0 Å². The number of amides is 1. The molecule has 7 heteroatoms. The average molecular weight is 416 g/mol. The fourth-order valence-electron chi connectivity index (χ4n) is 4.06. The Bertz CT molecular complexity index is 880. The molecule has 0 radical (unpaired) electrons. The van der Waals surface area contributed by atoms with Crippen molar-refractivity contribution in [2.45, 2.75) is 38.2 Å². The Balaban J connectivity index is 0.00000240. The summed E-state index contributed by atoms with van der Waals surface area (Å²) in [6.45, 7) is 4.25. The molecule has 2 aliphatic heterocycles. The Labute approximate surface area is 177 Å². The summed E-state index contributed by atoms with van der Waals surface area (Å²) in [5.74, 6) is 0.571. The molecule has 29 heavy (non-hydrogen) atoms. The van der Waals surface area contributed by atoms with Crippen LogP contribution in [-0.2, 0) is 11.2 Å². The zero-order valence-corrected chi connectivity index (χ0v) is 17.3. The Morgan fingerprint density at radius 3 is 2.72 bits per heavy atom. The number of nitrogens with zero attached hydrogens (tertiary/aromatic N) is 2. The number of hydrogen-bond donors (Lipinski definition) is 1. The van der Waals surface area contributed by atoms with E-state index in [-0.39, 0.29) is 24.1 Å². The number of hydrogen-bond acceptors (Lipinski definition) is 5. The molecule has 2 aliphatic rings. The number of aromatic nitrogens is 1. The first kappa shape index (κ1) is 21.3. The second-order valence-electron chi connectivity index (χ2n) is 7.69. The molecule has 4 rings (SSSR count). The van der Waals surface area contributed by atoms with Gasteiger partial charge in [-0.05, 0) is 30.3 Å². The summed E-state index contributed by atoms with van der Waals surface area (Å²) in [6.07, 6.45) is 4.85. The highest BCUT2D eigenvalue weighted by Crippen LogP contribution is 2.40. The minimum absolute atomic E-state index is 0. The maximum absolute atomic E-state index is 12.8. The van der Waals surface area contributed by atoms with E-state index in [0.29, 0.717) is 23.4 Å². The zero-order chi connectivity index (χ0) is 19.6. The lowest BCUT2D eigenvalue weighted by Gasteiger charge is -2.44. The number of Topliss-reactive ketones (excluding diaryl/α,β-unsaturated/α-hetero) is 1. The summed E-state index contributed by atoms with van der Waals surface area (Å²) in [7, 11) is 0. The SMILES string of the molecule is CC(=O)Nc1ccc2c(c1)C(=O)CC1(CCN(CCc3ccccn3)CC1)O2.Cl.